The van der Waals surface area contributed by atoms with Gasteiger partial charge in [-0.1, -0.05) is 138 Å². The van der Waals surface area contributed by atoms with Crippen LogP contribution in [0.4, 0.5) is 0 Å². The lowest BCUT2D eigenvalue weighted by Crippen LogP contribution is -2.59. The summed E-state index contributed by atoms with van der Waals surface area (Å²) in [6.45, 7) is 47.0. The van der Waals surface area contributed by atoms with E-state index in [0.717, 1.165) is 32.1 Å². The molecule has 0 saturated carbocycles. The minimum atomic E-state index is -0.503. The molecule has 0 aliphatic carbocycles. The molecular weight excluding hydrogens is 901 g/mol. The topological polar surface area (TPSA) is 111 Å². The second-order valence-electron chi connectivity index (χ2n) is 24.3. The first kappa shape index (κ1) is 61.4. The van der Waals surface area contributed by atoms with Gasteiger partial charge in [0.15, 0.2) is 31.5 Å². The van der Waals surface area contributed by atoms with Crippen molar-refractivity contribution in [1.29, 1.82) is 0 Å². The lowest BCUT2D eigenvalue weighted by atomic mass is 9.77. The Hall–Kier alpha value is -0.480. The third-order valence-corrected chi connectivity index (χ3v) is 19.8. The number of methoxy groups -OCH3 is 2. The zero-order valence-corrected chi connectivity index (χ0v) is 49.3. The molecule has 0 N–H and O–H groups in total. The second kappa shape index (κ2) is 27.2. The molecule has 6 aliphatic rings. The summed E-state index contributed by atoms with van der Waals surface area (Å²) in [6.07, 6.45) is 3.59. The molecule has 0 bridgehead atoms. The van der Waals surface area contributed by atoms with E-state index in [-0.39, 0.29) is 122 Å². The summed E-state index contributed by atoms with van der Waals surface area (Å²) in [7, 11) is 3.51. The van der Waals surface area contributed by atoms with Crippen LogP contribution in [0.5, 0.6) is 0 Å². The average Bonchev–Trinajstić information content (AvgIpc) is 3.35. The first-order valence-electron chi connectivity index (χ1n) is 29.1. The van der Waals surface area contributed by atoms with Crippen molar-refractivity contribution in [2.75, 3.05) is 14.2 Å². The standard InChI is InChI=1S/C37H68O8.C22H42O4/c1-15-28-20(6)21(7)33(45-35-22(8)18(4)19(5)27(13)39-35)37(42-28)44-32-24(10)30(17-3)41-36(26(32)12)43-31-23(9)29(16-2)40-34(38-14)25(31)11;1-10-17-20(23-9)15(7)16(8)22(25-17)26-21-14(6)13(5)19(12(3)4)24-18(21)11-2/h18-37H,15-17H2,1-14H3;12-22H,10-11H2,1-9H3/t18-,19?,20+,21-,22+,23-,24-,25?,26?,27?,28?,29?,30?,31-,32-,33?,34-,35?,36-,37-;13?,14-,15-,16?,17?,18?,19+,20?,21+,22+/m01/s1. The molecule has 6 rings (SSSR count). The molecule has 6 fully saturated rings. The van der Waals surface area contributed by atoms with Crippen LogP contribution in [0.2, 0.25) is 0 Å². The molecule has 6 aliphatic heterocycles. The molecule has 6 heterocycles. The Labute approximate surface area is 434 Å². The zero-order valence-electron chi connectivity index (χ0n) is 49.3. The van der Waals surface area contributed by atoms with Gasteiger partial charge in [-0.2, -0.15) is 0 Å². The van der Waals surface area contributed by atoms with E-state index in [1.54, 1.807) is 14.2 Å². The number of ether oxygens (including phenoxy) is 12. The molecule has 0 amide bonds. The highest BCUT2D eigenvalue weighted by molar-refractivity contribution is 4.95. The summed E-state index contributed by atoms with van der Waals surface area (Å²) in [5.74, 6) is 4.43. The molecule has 14 unspecified atom stereocenters. The van der Waals surface area contributed by atoms with Crippen molar-refractivity contribution in [2.24, 2.45) is 82.9 Å². The number of hydrogen-bond acceptors (Lipinski definition) is 12. The minimum Gasteiger partial charge on any atom is -0.378 e. The molecule has 418 valence electrons. The maximum absolute atomic E-state index is 7.15. The largest absolute Gasteiger partial charge is 0.378 e. The molecule has 0 aromatic carbocycles. The molecule has 0 aromatic heterocycles. The van der Waals surface area contributed by atoms with Crippen LogP contribution in [-0.4, -0.2) is 119 Å². The van der Waals surface area contributed by atoms with Crippen LogP contribution in [0.1, 0.15) is 178 Å². The summed E-state index contributed by atoms with van der Waals surface area (Å²) < 4.78 is 78.3. The van der Waals surface area contributed by atoms with E-state index in [1.165, 1.54) is 0 Å². The lowest BCUT2D eigenvalue weighted by Gasteiger charge is -2.52. The fraction of sp³-hybridized carbons (Fsp3) is 1.00. The third kappa shape index (κ3) is 13.4. The van der Waals surface area contributed by atoms with E-state index in [9.17, 15) is 0 Å². The summed E-state index contributed by atoms with van der Waals surface area (Å²) in [5.41, 5.74) is 0. The van der Waals surface area contributed by atoms with Gasteiger partial charge in [-0.15, -0.1) is 0 Å². The SMILES string of the molecule is CCC1O[C@@H](O[C@@H]2C(C)[C@H](O[C@@H]3C(C)[C@@H](OC)OC(CC)[C@@H]3C)OC(CC)[C@@H]2C)C(OC2OC(C)C(C)[C@H](C)[C@H]2C)[C@@H](C)[C@H]1C.CCC1O[C@@H](O[C@@H]2C(CC)O[C@@H](C(C)C)C(C)[C@H]2C)C(C)[C@@H](C)C1OC. The van der Waals surface area contributed by atoms with Crippen LogP contribution in [0, 0.1) is 82.9 Å². The molecule has 30 atom stereocenters. The van der Waals surface area contributed by atoms with Gasteiger partial charge < -0.3 is 56.8 Å². The molecule has 12 nitrogen and oxygen atoms in total. The van der Waals surface area contributed by atoms with Crippen molar-refractivity contribution in [3.63, 3.8) is 0 Å². The normalized spacial score (nSPS) is 50.9. The van der Waals surface area contributed by atoms with E-state index in [1.807, 2.05) is 0 Å². The van der Waals surface area contributed by atoms with Crippen molar-refractivity contribution in [3.8, 4) is 0 Å². The van der Waals surface area contributed by atoms with Gasteiger partial charge in [0.2, 0.25) is 0 Å². The van der Waals surface area contributed by atoms with E-state index < -0.39 is 12.6 Å². The van der Waals surface area contributed by atoms with Crippen molar-refractivity contribution < 1.29 is 56.8 Å². The maximum Gasteiger partial charge on any atom is 0.184 e. The van der Waals surface area contributed by atoms with Crippen LogP contribution in [0.15, 0.2) is 0 Å². The average molecular weight is 1010 g/mol. The molecule has 0 radical (unpaired) electrons. The van der Waals surface area contributed by atoms with Crippen LogP contribution < -0.4 is 0 Å². The van der Waals surface area contributed by atoms with Crippen molar-refractivity contribution >= 4 is 0 Å². The Morgan fingerprint density at radius 3 is 1.20 bits per heavy atom. The molecule has 71 heavy (non-hydrogen) atoms. The van der Waals surface area contributed by atoms with Gasteiger partial charge in [0.1, 0.15) is 6.10 Å². The summed E-state index contributed by atoms with van der Waals surface area (Å²) in [6, 6.07) is 0. The highest BCUT2D eigenvalue weighted by Crippen LogP contribution is 2.45. The fourth-order valence-electron chi connectivity index (χ4n) is 13.6. The fourth-order valence-corrected chi connectivity index (χ4v) is 13.6. The predicted octanol–water partition coefficient (Wildman–Crippen LogP) is 12.6. The van der Waals surface area contributed by atoms with Gasteiger partial charge >= 0.3 is 0 Å². The third-order valence-electron chi connectivity index (χ3n) is 19.8. The van der Waals surface area contributed by atoms with E-state index in [0.29, 0.717) is 53.4 Å². The van der Waals surface area contributed by atoms with Crippen LogP contribution >= 0.6 is 0 Å². The first-order valence-corrected chi connectivity index (χ1v) is 29.1. The maximum atomic E-state index is 7.15. The highest BCUT2D eigenvalue weighted by Gasteiger charge is 2.53. The van der Waals surface area contributed by atoms with E-state index in [4.69, 9.17) is 56.8 Å². The van der Waals surface area contributed by atoms with Crippen molar-refractivity contribution in [2.45, 2.75) is 282 Å². The summed E-state index contributed by atoms with van der Waals surface area (Å²) in [4.78, 5) is 0. The predicted molar refractivity (Wildman–Crippen MR) is 280 cm³/mol. The quantitative estimate of drug-likeness (QED) is 0.147. The van der Waals surface area contributed by atoms with Gasteiger partial charge in [-0.3, -0.25) is 0 Å². The monoisotopic (exact) mass is 1010 g/mol. The summed E-state index contributed by atoms with van der Waals surface area (Å²) >= 11 is 0. The van der Waals surface area contributed by atoms with Crippen LogP contribution in [0.3, 0.4) is 0 Å². The van der Waals surface area contributed by atoms with Crippen LogP contribution in [0.25, 0.3) is 0 Å². The van der Waals surface area contributed by atoms with E-state index in [2.05, 4.69) is 145 Å². The van der Waals surface area contributed by atoms with Crippen molar-refractivity contribution in [1.82, 2.24) is 0 Å². The zero-order chi connectivity index (χ0) is 52.9. The molecule has 0 spiro atoms. The van der Waals surface area contributed by atoms with Gasteiger partial charge in [0.05, 0.1) is 67.1 Å². The second-order valence-corrected chi connectivity index (χ2v) is 24.3. The molecule has 6 saturated heterocycles. The minimum absolute atomic E-state index is 0.00742. The van der Waals surface area contributed by atoms with E-state index >= 15 is 0 Å². The first-order chi connectivity index (χ1) is 33.5. The Bertz CT molecular complexity index is 1520. The smallest absolute Gasteiger partial charge is 0.184 e. The van der Waals surface area contributed by atoms with Gasteiger partial charge in [-0.25, -0.2) is 0 Å². The Kier molecular flexibility index (Phi) is 23.5. The number of rotatable bonds is 16. The van der Waals surface area contributed by atoms with Gasteiger partial charge in [0, 0.05) is 49.7 Å². The Morgan fingerprint density at radius 1 is 0.296 bits per heavy atom. The Balaban J connectivity index is 0.000000306. The van der Waals surface area contributed by atoms with Gasteiger partial charge in [0.25, 0.3) is 0 Å². The van der Waals surface area contributed by atoms with Crippen LogP contribution in [-0.2, 0) is 56.8 Å². The molecular formula is C59H110O12. The van der Waals surface area contributed by atoms with Gasteiger partial charge in [-0.05, 0) is 86.4 Å². The molecule has 12 heteroatoms. The highest BCUT2D eigenvalue weighted by atomic mass is 16.8. The molecule has 0 aromatic rings. The number of hydrogen-bond donors (Lipinski definition) is 0. The summed E-state index contributed by atoms with van der Waals surface area (Å²) in [5, 5.41) is 0. The Morgan fingerprint density at radius 2 is 0.676 bits per heavy atom. The van der Waals surface area contributed by atoms with Crippen molar-refractivity contribution in [3.05, 3.63) is 0 Å². The lowest BCUT2D eigenvalue weighted by molar-refractivity contribution is -0.368.